The Balaban J connectivity index is 1.26. The summed E-state index contributed by atoms with van der Waals surface area (Å²) < 4.78 is 5.57. The monoisotopic (exact) mass is 414 g/mol. The Bertz CT molecular complexity index is 840. The summed E-state index contributed by atoms with van der Waals surface area (Å²) in [6.45, 7) is 2.41. The van der Waals surface area contributed by atoms with Crippen molar-refractivity contribution < 1.29 is 14.3 Å². The molecule has 6 heteroatoms. The van der Waals surface area contributed by atoms with Crippen molar-refractivity contribution in [2.75, 3.05) is 19.7 Å². The molecule has 1 aliphatic heterocycles. The molecule has 0 atom stereocenters. The van der Waals surface area contributed by atoms with Gasteiger partial charge in [-0.05, 0) is 42.5 Å². The smallest absolute Gasteiger partial charge is 0.222 e. The van der Waals surface area contributed by atoms with E-state index in [1.54, 1.807) is 12.1 Å². The lowest BCUT2D eigenvalue weighted by Gasteiger charge is -2.29. The topological polar surface area (TPSA) is 58.6 Å². The number of hydrogen-bond donors (Lipinski definition) is 1. The SMILES string of the molecule is O=C(CCCOc1ccccc1Cl)NCCCC(=O)N1CCc2ccccc2C1. The zero-order valence-electron chi connectivity index (χ0n) is 16.5. The van der Waals surface area contributed by atoms with Crippen molar-refractivity contribution in [1.82, 2.24) is 10.2 Å². The van der Waals surface area contributed by atoms with Gasteiger partial charge in [-0.1, -0.05) is 48.0 Å². The van der Waals surface area contributed by atoms with Crippen LogP contribution in [-0.4, -0.2) is 36.4 Å². The average molecular weight is 415 g/mol. The van der Waals surface area contributed by atoms with Crippen LogP contribution in [0, 0.1) is 0 Å². The first kappa shape index (κ1) is 21.2. The highest BCUT2D eigenvalue weighted by Crippen LogP contribution is 2.23. The lowest BCUT2D eigenvalue weighted by atomic mass is 9.99. The molecular formula is C23H27ClN2O3. The van der Waals surface area contributed by atoms with E-state index >= 15 is 0 Å². The van der Waals surface area contributed by atoms with Gasteiger partial charge in [0.2, 0.25) is 11.8 Å². The number of para-hydroxylation sites is 1. The molecule has 0 radical (unpaired) electrons. The van der Waals surface area contributed by atoms with Gasteiger partial charge in [0.25, 0.3) is 0 Å². The summed E-state index contributed by atoms with van der Waals surface area (Å²) in [5.74, 6) is 0.766. The normalized spacial score (nSPS) is 12.9. The van der Waals surface area contributed by atoms with E-state index in [1.807, 2.05) is 29.2 Å². The number of carbonyl (C=O) groups excluding carboxylic acids is 2. The van der Waals surface area contributed by atoms with Crippen LogP contribution in [0.1, 0.15) is 36.8 Å². The molecule has 1 N–H and O–H groups in total. The minimum absolute atomic E-state index is 0.0212. The van der Waals surface area contributed by atoms with Crippen molar-refractivity contribution in [3.63, 3.8) is 0 Å². The number of carbonyl (C=O) groups is 2. The average Bonchev–Trinajstić information content (AvgIpc) is 2.75. The fourth-order valence-electron chi connectivity index (χ4n) is 3.40. The van der Waals surface area contributed by atoms with Gasteiger partial charge in [0.15, 0.2) is 0 Å². The number of ether oxygens (including phenoxy) is 1. The van der Waals surface area contributed by atoms with Gasteiger partial charge < -0.3 is 15.0 Å². The van der Waals surface area contributed by atoms with Crippen molar-refractivity contribution in [2.24, 2.45) is 0 Å². The largest absolute Gasteiger partial charge is 0.492 e. The molecule has 154 valence electrons. The number of nitrogens with one attached hydrogen (secondary N) is 1. The lowest BCUT2D eigenvalue weighted by Crippen LogP contribution is -2.36. The summed E-state index contributed by atoms with van der Waals surface area (Å²) >= 11 is 6.02. The van der Waals surface area contributed by atoms with Gasteiger partial charge in [0.1, 0.15) is 5.75 Å². The Morgan fingerprint density at radius 3 is 2.59 bits per heavy atom. The van der Waals surface area contributed by atoms with Gasteiger partial charge in [-0.25, -0.2) is 0 Å². The predicted molar refractivity (Wildman–Crippen MR) is 114 cm³/mol. The number of fused-ring (bicyclic) bond motifs is 1. The van der Waals surface area contributed by atoms with E-state index in [9.17, 15) is 9.59 Å². The Morgan fingerprint density at radius 1 is 1.00 bits per heavy atom. The van der Waals surface area contributed by atoms with Gasteiger partial charge in [-0.15, -0.1) is 0 Å². The third kappa shape index (κ3) is 6.50. The molecule has 0 bridgehead atoms. The van der Waals surface area contributed by atoms with E-state index in [4.69, 9.17) is 16.3 Å². The fourth-order valence-corrected chi connectivity index (χ4v) is 3.59. The Labute approximate surface area is 177 Å². The summed E-state index contributed by atoms with van der Waals surface area (Å²) in [4.78, 5) is 26.2. The van der Waals surface area contributed by atoms with Crippen molar-refractivity contribution in [3.05, 3.63) is 64.7 Å². The lowest BCUT2D eigenvalue weighted by molar-refractivity contribution is -0.132. The summed E-state index contributed by atoms with van der Waals surface area (Å²) in [7, 11) is 0. The molecule has 29 heavy (non-hydrogen) atoms. The van der Waals surface area contributed by atoms with Gasteiger partial charge in [-0.2, -0.15) is 0 Å². The predicted octanol–water partition coefficient (Wildman–Crippen LogP) is 3.98. The number of amides is 2. The molecule has 0 fully saturated rings. The van der Waals surface area contributed by atoms with E-state index in [0.717, 1.165) is 13.0 Å². The van der Waals surface area contributed by atoms with E-state index in [0.29, 0.717) is 56.2 Å². The summed E-state index contributed by atoms with van der Waals surface area (Å²) in [6.07, 6.45) is 3.02. The highest BCUT2D eigenvalue weighted by molar-refractivity contribution is 6.32. The van der Waals surface area contributed by atoms with Crippen LogP contribution in [0.5, 0.6) is 5.75 Å². The molecule has 5 nitrogen and oxygen atoms in total. The molecule has 0 saturated heterocycles. The number of benzene rings is 2. The van der Waals surface area contributed by atoms with Gasteiger partial charge in [0, 0.05) is 32.5 Å². The number of halogens is 1. The zero-order chi connectivity index (χ0) is 20.5. The molecule has 2 amide bonds. The van der Waals surface area contributed by atoms with Crippen LogP contribution in [0.4, 0.5) is 0 Å². The maximum absolute atomic E-state index is 12.4. The van der Waals surface area contributed by atoms with Gasteiger partial charge >= 0.3 is 0 Å². The molecule has 2 aromatic rings. The zero-order valence-corrected chi connectivity index (χ0v) is 17.3. The minimum atomic E-state index is -0.0212. The van der Waals surface area contributed by atoms with E-state index < -0.39 is 0 Å². The van der Waals surface area contributed by atoms with Crippen LogP contribution in [-0.2, 0) is 22.6 Å². The standard InChI is InChI=1S/C23H27ClN2O3/c24-20-9-3-4-10-21(20)29-16-6-11-22(27)25-14-5-12-23(28)26-15-13-18-7-1-2-8-19(18)17-26/h1-4,7-10H,5-6,11-17H2,(H,25,27). The first-order chi connectivity index (χ1) is 14.1. The minimum Gasteiger partial charge on any atom is -0.492 e. The van der Waals surface area contributed by atoms with Crippen molar-refractivity contribution in [2.45, 2.75) is 38.6 Å². The highest BCUT2D eigenvalue weighted by Gasteiger charge is 2.19. The summed E-state index contributed by atoms with van der Waals surface area (Å²) in [5, 5.41) is 3.44. The second-order valence-electron chi connectivity index (χ2n) is 7.17. The molecule has 0 unspecified atom stereocenters. The van der Waals surface area contributed by atoms with Crippen LogP contribution >= 0.6 is 11.6 Å². The van der Waals surface area contributed by atoms with Crippen LogP contribution in [0.2, 0.25) is 5.02 Å². The quantitative estimate of drug-likeness (QED) is 0.631. The number of nitrogens with zero attached hydrogens (tertiary/aromatic N) is 1. The maximum Gasteiger partial charge on any atom is 0.222 e. The summed E-state index contributed by atoms with van der Waals surface area (Å²) in [5.41, 5.74) is 2.57. The van der Waals surface area contributed by atoms with E-state index in [1.165, 1.54) is 11.1 Å². The molecule has 3 rings (SSSR count). The van der Waals surface area contributed by atoms with Crippen LogP contribution < -0.4 is 10.1 Å². The van der Waals surface area contributed by atoms with Crippen molar-refractivity contribution in [3.8, 4) is 5.75 Å². The summed E-state index contributed by atoms with van der Waals surface area (Å²) in [6, 6.07) is 15.6. The van der Waals surface area contributed by atoms with E-state index in [-0.39, 0.29) is 11.8 Å². The Morgan fingerprint density at radius 2 is 1.76 bits per heavy atom. The Hall–Kier alpha value is -2.53. The molecule has 0 aliphatic carbocycles. The van der Waals surface area contributed by atoms with Crippen molar-refractivity contribution in [1.29, 1.82) is 0 Å². The molecule has 2 aromatic carbocycles. The van der Waals surface area contributed by atoms with Crippen LogP contribution in [0.25, 0.3) is 0 Å². The highest BCUT2D eigenvalue weighted by atomic mass is 35.5. The molecule has 1 aliphatic rings. The van der Waals surface area contributed by atoms with Gasteiger partial charge in [-0.3, -0.25) is 9.59 Å². The number of rotatable bonds is 9. The Kier molecular flexibility index (Phi) is 7.94. The third-order valence-corrected chi connectivity index (χ3v) is 5.33. The second kappa shape index (κ2) is 10.9. The van der Waals surface area contributed by atoms with Crippen molar-refractivity contribution >= 4 is 23.4 Å². The first-order valence-electron chi connectivity index (χ1n) is 10.1. The fraction of sp³-hybridized carbons (Fsp3) is 0.391. The number of hydrogen-bond acceptors (Lipinski definition) is 3. The van der Waals surface area contributed by atoms with Crippen LogP contribution in [0.3, 0.4) is 0 Å². The first-order valence-corrected chi connectivity index (χ1v) is 10.5. The molecule has 0 spiro atoms. The molecule has 0 saturated carbocycles. The molecular weight excluding hydrogens is 388 g/mol. The van der Waals surface area contributed by atoms with Crippen LogP contribution in [0.15, 0.2) is 48.5 Å². The van der Waals surface area contributed by atoms with Gasteiger partial charge in [0.05, 0.1) is 11.6 Å². The third-order valence-electron chi connectivity index (χ3n) is 5.02. The second-order valence-corrected chi connectivity index (χ2v) is 7.58. The van der Waals surface area contributed by atoms with E-state index in [2.05, 4.69) is 17.4 Å². The molecule has 0 aromatic heterocycles. The molecule has 1 heterocycles. The maximum atomic E-state index is 12.4.